The van der Waals surface area contributed by atoms with Gasteiger partial charge >= 0.3 is 17.9 Å². The quantitative estimate of drug-likeness (QED) is 0.0900. The minimum absolute atomic E-state index is 0.0193. The topological polar surface area (TPSA) is 305 Å². The summed E-state index contributed by atoms with van der Waals surface area (Å²) in [6.45, 7) is 17.9. The molecule has 2 bridgehead atoms. The lowest BCUT2D eigenvalue weighted by atomic mass is 9.54. The highest BCUT2D eigenvalue weighted by molar-refractivity contribution is 6.39. The smallest absolute Gasteiger partial charge is 0.342 e. The number of ketones is 5. The SMILES string of the molecule is COC[C@H]1OC(=O)c2coc3c2[C@@]1(C)C1=C(C3=O)C2CCC(=O)[C@@]2(C)C[C@H]1OC(C)=O.CO[C@H]1C[C@@H]2CC[C@@H](C)[C@@](O)(O2)C(=O)C(=O)N2CCCC[C@H]2C(=O)O[C@H]([C@H](C)C[C@@H]2CC[C@@H](O)[C@H](OC)C2)CC(=O)[C@H](C)/C=C(\C)[C@@H](O)[C@@H](OC)C(=O)[C@H](C)C[C@H](C)/C=C/C=C/C=C/1C. The third-order valence-corrected chi connectivity index (χ3v) is 22.2. The van der Waals surface area contributed by atoms with Gasteiger partial charge in [0.1, 0.15) is 60.0 Å². The number of methoxy groups -OCH3 is 4. The van der Waals surface area contributed by atoms with Crippen LogP contribution in [-0.2, 0) is 76.9 Å². The lowest BCUT2D eigenvalue weighted by Gasteiger charge is -2.51. The van der Waals surface area contributed by atoms with E-state index in [-0.39, 0.29) is 96.6 Å². The molecule has 1 amide bonds. The molecule has 9 rings (SSSR count). The van der Waals surface area contributed by atoms with Crippen LogP contribution in [0.5, 0.6) is 0 Å². The lowest BCUT2D eigenvalue weighted by molar-refractivity contribution is -0.265. The number of furan rings is 1. The average Bonchev–Trinajstić information content (AvgIpc) is 1.36. The highest BCUT2D eigenvalue weighted by atomic mass is 16.6. The highest BCUT2D eigenvalue weighted by Crippen LogP contribution is 2.61. The minimum Gasteiger partial charge on any atom is -0.460 e. The number of hydrogen-bond acceptors (Lipinski definition) is 21. The molecule has 22 heteroatoms. The van der Waals surface area contributed by atoms with Gasteiger partial charge < -0.3 is 62.5 Å². The van der Waals surface area contributed by atoms with Gasteiger partial charge in [0.05, 0.1) is 36.4 Å². The Bertz CT molecular complexity index is 3240. The number of carbonyl (C=O) groups is 9. The van der Waals surface area contributed by atoms with E-state index in [0.29, 0.717) is 92.9 Å². The molecule has 96 heavy (non-hydrogen) atoms. The lowest BCUT2D eigenvalue weighted by Crippen LogP contribution is -2.61. The van der Waals surface area contributed by atoms with Crippen molar-refractivity contribution < 1.29 is 101 Å². The Hall–Kier alpha value is -6.11. The Kier molecular flexibility index (Phi) is 25.1. The van der Waals surface area contributed by atoms with Gasteiger partial charge in [-0.05, 0) is 126 Å². The highest BCUT2D eigenvalue weighted by Gasteiger charge is 2.65. The summed E-state index contributed by atoms with van der Waals surface area (Å²) in [4.78, 5) is 123. The van der Waals surface area contributed by atoms with Crippen LogP contribution in [0.25, 0.3) is 0 Å². The zero-order valence-electron chi connectivity index (χ0n) is 58.5. The number of hydrogen-bond donors (Lipinski definition) is 3. The summed E-state index contributed by atoms with van der Waals surface area (Å²) < 4.78 is 51.8. The Morgan fingerprint density at radius 2 is 1.55 bits per heavy atom. The maximum Gasteiger partial charge on any atom is 0.342 e. The zero-order chi connectivity index (χ0) is 70.5. The van der Waals surface area contributed by atoms with Crippen LogP contribution in [-0.4, -0.2) is 181 Å². The van der Waals surface area contributed by atoms with Gasteiger partial charge in [-0.25, -0.2) is 9.59 Å². The Balaban J connectivity index is 0.000000313. The van der Waals surface area contributed by atoms with Crippen LogP contribution in [0.3, 0.4) is 0 Å². The zero-order valence-corrected chi connectivity index (χ0v) is 58.5. The monoisotopic (exact) mass is 1340 g/mol. The van der Waals surface area contributed by atoms with Crippen molar-refractivity contribution in [2.75, 3.05) is 41.6 Å². The Morgan fingerprint density at radius 1 is 0.823 bits per heavy atom. The molecule has 1 aromatic rings. The molecule has 0 radical (unpaired) electrons. The molecule has 4 fully saturated rings. The van der Waals surface area contributed by atoms with Crippen molar-refractivity contribution in [3.8, 4) is 0 Å². The molecular weight excluding hydrogens is 1240 g/mol. The molecule has 4 aliphatic carbocycles. The molecule has 1 unspecified atom stereocenters. The molecule has 3 N–H and O–H groups in total. The number of rotatable bonds is 9. The third kappa shape index (κ3) is 15.7. The number of esters is 3. The van der Waals surface area contributed by atoms with Gasteiger partial charge in [-0.3, -0.25) is 33.6 Å². The molecule has 2 saturated heterocycles. The maximum absolute atomic E-state index is 14.4. The van der Waals surface area contributed by atoms with E-state index in [1.54, 1.807) is 41.1 Å². The van der Waals surface area contributed by atoms with Crippen LogP contribution in [0, 0.1) is 46.8 Å². The van der Waals surface area contributed by atoms with E-state index in [2.05, 4.69) is 0 Å². The van der Waals surface area contributed by atoms with E-state index in [1.165, 1.54) is 32.3 Å². The molecule has 22 nitrogen and oxygen atoms in total. The predicted octanol–water partition coefficient (Wildman–Crippen LogP) is 8.72. The summed E-state index contributed by atoms with van der Waals surface area (Å²) in [5.41, 5.74) is 1.19. The number of piperidine rings is 1. The first-order valence-corrected chi connectivity index (χ1v) is 34.4. The maximum atomic E-state index is 14.4. The minimum atomic E-state index is -2.43. The van der Waals surface area contributed by atoms with E-state index in [1.807, 2.05) is 71.9 Å². The van der Waals surface area contributed by atoms with Crippen molar-refractivity contribution >= 4 is 52.7 Å². The van der Waals surface area contributed by atoms with Crippen molar-refractivity contribution in [2.45, 2.75) is 238 Å². The fourth-order valence-corrected chi connectivity index (χ4v) is 16.4. The van der Waals surface area contributed by atoms with E-state index in [9.17, 15) is 58.5 Å². The largest absolute Gasteiger partial charge is 0.460 e. The molecule has 1 aromatic heterocycles. The average molecular weight is 1340 g/mol. The summed E-state index contributed by atoms with van der Waals surface area (Å²) in [7, 11) is 6.02. The molecule has 0 spiro atoms. The summed E-state index contributed by atoms with van der Waals surface area (Å²) in [6, 6.07) is -1.14. The van der Waals surface area contributed by atoms with Gasteiger partial charge in [-0.15, -0.1) is 0 Å². The number of Topliss-reactive ketones (excluding diaryl/α,β-unsaturated/α-hetero) is 5. The molecule has 0 aromatic carbocycles. The van der Waals surface area contributed by atoms with Crippen LogP contribution in [0.1, 0.15) is 192 Å². The fraction of sp³-hybridized carbons (Fsp3) is 0.689. The number of carbonyl (C=O) groups excluding carboxylic acids is 9. The molecule has 530 valence electrons. The molecule has 2 saturated carbocycles. The molecule has 8 aliphatic rings. The Morgan fingerprint density at radius 3 is 2.23 bits per heavy atom. The van der Waals surface area contributed by atoms with Gasteiger partial charge in [0.25, 0.3) is 11.7 Å². The first kappa shape index (κ1) is 75.7. The van der Waals surface area contributed by atoms with Crippen LogP contribution in [0.4, 0.5) is 0 Å². The number of allylic oxidation sites excluding steroid dienone is 7. The standard InChI is InChI=1S/C51H79NO13.C23H24O8/c1-30-16-12-11-13-17-31(2)42(61-8)28-38-21-19-36(7)51(60,65-38)48(57)49(58)52-23-15-14-18-39(52)50(59)64-43(33(4)26-37-20-22-40(53)44(27-37)62-9)29-41(54)32(3)25-35(6)46(56)47(63-10)45(55)34(5)24-30;1-10(24)30-13-7-22(2)12(5-6-14(22)25)16-18(13)23(3)15(9-28-4)31-21(27)11-8-29-20(17(11)23)19(16)26/h11-13,16-17,25,30,32-34,36-40,42-44,46-47,53,56,60H,14-15,18-24,26-29H2,1-10H3;8,12-13,15H,5-7,9H2,1-4H3/b13-11+,16-12+,31-17+,35-25+;/t30-,32-,33-,34-,36-,37+,38+,39+,40-,42+,43+,44-,46-,47+,51-;12?,13-,15-,22+,23+/m11/s1. The number of aliphatic hydroxyl groups excluding tert-OH is 2. The summed E-state index contributed by atoms with van der Waals surface area (Å²) in [5.74, 6) is -9.54. The number of ether oxygens (including phenoxy) is 8. The second-order valence-electron chi connectivity index (χ2n) is 28.9. The van der Waals surface area contributed by atoms with Crippen LogP contribution < -0.4 is 0 Å². The molecular formula is C74H103NO21. The van der Waals surface area contributed by atoms with Crippen LogP contribution >= 0.6 is 0 Å². The normalized spacial score (nSPS) is 39.0. The summed E-state index contributed by atoms with van der Waals surface area (Å²) in [6.07, 6.45) is 12.1. The number of cyclic esters (lactones) is 2. The second-order valence-corrected chi connectivity index (χ2v) is 28.9. The first-order chi connectivity index (χ1) is 45.4. The molecule has 4 aliphatic heterocycles. The van der Waals surface area contributed by atoms with Gasteiger partial charge in [-0.2, -0.15) is 0 Å². The van der Waals surface area contributed by atoms with Crippen LogP contribution in [0.2, 0.25) is 0 Å². The van der Waals surface area contributed by atoms with Crippen molar-refractivity contribution in [1.29, 1.82) is 0 Å². The van der Waals surface area contributed by atoms with Gasteiger partial charge in [0, 0.05) is 108 Å². The van der Waals surface area contributed by atoms with E-state index < -0.39 is 119 Å². The van der Waals surface area contributed by atoms with Crippen molar-refractivity contribution in [2.24, 2.45) is 46.8 Å². The second kappa shape index (κ2) is 31.8. The first-order valence-electron chi connectivity index (χ1n) is 34.4. The van der Waals surface area contributed by atoms with Crippen molar-refractivity contribution in [3.05, 3.63) is 81.9 Å². The third-order valence-electron chi connectivity index (χ3n) is 22.2. The predicted molar refractivity (Wildman–Crippen MR) is 350 cm³/mol. The van der Waals surface area contributed by atoms with Crippen molar-refractivity contribution in [3.63, 3.8) is 0 Å². The number of amides is 1. The number of fused-ring (bicyclic) bond motifs is 6. The summed E-state index contributed by atoms with van der Waals surface area (Å²) in [5, 5.41) is 33.8. The summed E-state index contributed by atoms with van der Waals surface area (Å²) >= 11 is 0. The number of aliphatic hydroxyl groups is 3. The van der Waals surface area contributed by atoms with Gasteiger partial charge in [0.15, 0.2) is 11.5 Å². The van der Waals surface area contributed by atoms with Gasteiger partial charge in [0.2, 0.25) is 11.6 Å². The van der Waals surface area contributed by atoms with Crippen molar-refractivity contribution in [1.82, 2.24) is 4.90 Å². The van der Waals surface area contributed by atoms with E-state index in [0.717, 1.165) is 12.0 Å². The van der Waals surface area contributed by atoms with E-state index >= 15 is 0 Å². The number of nitrogens with zero attached hydrogens (tertiary/aromatic N) is 1. The Labute approximate surface area is 564 Å². The molecule has 5 heterocycles. The fourth-order valence-electron chi connectivity index (χ4n) is 16.4. The van der Waals surface area contributed by atoms with Gasteiger partial charge in [-0.1, -0.05) is 78.0 Å². The van der Waals surface area contributed by atoms with Crippen LogP contribution in [0.15, 0.2) is 69.4 Å². The van der Waals surface area contributed by atoms with E-state index in [4.69, 9.17) is 42.3 Å². The molecule has 20 atom stereocenters.